The van der Waals surface area contributed by atoms with Crippen LogP contribution in [0.15, 0.2) is 43.2 Å². The van der Waals surface area contributed by atoms with Gasteiger partial charge in [0.2, 0.25) is 0 Å². The third kappa shape index (κ3) is 4.71. The van der Waals surface area contributed by atoms with Crippen molar-refractivity contribution >= 4 is 11.7 Å². The predicted molar refractivity (Wildman–Crippen MR) is 59.6 cm³/mol. The number of ether oxygens (including phenoxy) is 1. The molecule has 4 heteroatoms. The second-order valence-electron chi connectivity index (χ2n) is 2.78. The molecule has 0 unspecified atom stereocenters. The van der Waals surface area contributed by atoms with Gasteiger partial charge in [-0.1, -0.05) is 24.8 Å². The summed E-state index contributed by atoms with van der Waals surface area (Å²) in [6.45, 7) is 4.27. The fourth-order valence-electron chi connectivity index (χ4n) is 1.00. The van der Waals surface area contributed by atoms with E-state index < -0.39 is 0 Å². The molecule has 0 fully saturated rings. The van der Waals surface area contributed by atoms with Crippen molar-refractivity contribution in [1.82, 2.24) is 5.32 Å². The Balaban J connectivity index is 2.22. The maximum absolute atomic E-state index is 11.3. The van der Waals surface area contributed by atoms with Gasteiger partial charge < -0.3 is 15.4 Å². The Bertz CT molecular complexity index is 312. The molecular formula is C11H14N2O2. The standard InChI is InChI=1S/C11H14N2O2/c1-2-15-9-8-12-11(14)13-10-6-4-3-5-7-10/h2-7H,1,8-9H2,(H2,12,13,14). The van der Waals surface area contributed by atoms with E-state index in [1.54, 1.807) is 0 Å². The van der Waals surface area contributed by atoms with E-state index in [0.29, 0.717) is 13.2 Å². The number of rotatable bonds is 5. The molecule has 0 aromatic heterocycles. The summed E-state index contributed by atoms with van der Waals surface area (Å²) in [5.74, 6) is 0. The van der Waals surface area contributed by atoms with Gasteiger partial charge in [-0.15, -0.1) is 0 Å². The Morgan fingerprint density at radius 1 is 1.40 bits per heavy atom. The Morgan fingerprint density at radius 3 is 2.80 bits per heavy atom. The molecule has 0 bridgehead atoms. The highest BCUT2D eigenvalue weighted by Gasteiger charge is 1.98. The molecule has 1 rings (SSSR count). The topological polar surface area (TPSA) is 50.4 Å². The van der Waals surface area contributed by atoms with Crippen molar-refractivity contribution in [3.8, 4) is 0 Å². The minimum atomic E-state index is -0.242. The van der Waals surface area contributed by atoms with Gasteiger partial charge in [-0.05, 0) is 12.1 Å². The van der Waals surface area contributed by atoms with Gasteiger partial charge in [0.1, 0.15) is 6.61 Å². The summed E-state index contributed by atoms with van der Waals surface area (Å²) >= 11 is 0. The molecule has 80 valence electrons. The van der Waals surface area contributed by atoms with Gasteiger partial charge in [0.15, 0.2) is 0 Å². The summed E-state index contributed by atoms with van der Waals surface area (Å²) in [7, 11) is 0. The number of hydrogen-bond acceptors (Lipinski definition) is 2. The minimum Gasteiger partial charge on any atom is -0.500 e. The van der Waals surface area contributed by atoms with E-state index in [4.69, 9.17) is 4.74 Å². The molecule has 0 heterocycles. The Morgan fingerprint density at radius 2 is 2.13 bits per heavy atom. The number of para-hydroxylation sites is 1. The van der Waals surface area contributed by atoms with Gasteiger partial charge in [0.05, 0.1) is 12.8 Å². The van der Waals surface area contributed by atoms with E-state index >= 15 is 0 Å². The van der Waals surface area contributed by atoms with Gasteiger partial charge in [-0.25, -0.2) is 4.79 Å². The molecule has 0 aliphatic rings. The lowest BCUT2D eigenvalue weighted by atomic mass is 10.3. The van der Waals surface area contributed by atoms with Crippen LogP contribution in [0.3, 0.4) is 0 Å². The quantitative estimate of drug-likeness (QED) is 0.571. The first-order valence-electron chi connectivity index (χ1n) is 4.65. The maximum Gasteiger partial charge on any atom is 0.319 e. The van der Waals surface area contributed by atoms with Crippen LogP contribution >= 0.6 is 0 Å². The van der Waals surface area contributed by atoms with Gasteiger partial charge in [0, 0.05) is 5.69 Å². The highest BCUT2D eigenvalue weighted by atomic mass is 16.5. The lowest BCUT2D eigenvalue weighted by Gasteiger charge is -2.06. The second-order valence-corrected chi connectivity index (χ2v) is 2.78. The number of amides is 2. The molecular weight excluding hydrogens is 192 g/mol. The van der Waals surface area contributed by atoms with Crippen LogP contribution in [-0.2, 0) is 4.74 Å². The van der Waals surface area contributed by atoms with E-state index in [2.05, 4.69) is 17.2 Å². The van der Waals surface area contributed by atoms with Crippen molar-refractivity contribution in [1.29, 1.82) is 0 Å². The van der Waals surface area contributed by atoms with Crippen LogP contribution in [0.1, 0.15) is 0 Å². The van der Waals surface area contributed by atoms with Crippen LogP contribution in [0.4, 0.5) is 10.5 Å². The first kappa shape index (κ1) is 11.1. The average molecular weight is 206 g/mol. The molecule has 0 radical (unpaired) electrons. The molecule has 15 heavy (non-hydrogen) atoms. The van der Waals surface area contributed by atoms with Crippen molar-refractivity contribution in [2.75, 3.05) is 18.5 Å². The lowest BCUT2D eigenvalue weighted by molar-refractivity contribution is 0.234. The molecule has 0 aliphatic carbocycles. The summed E-state index contributed by atoms with van der Waals surface area (Å²) in [4.78, 5) is 11.3. The maximum atomic E-state index is 11.3. The van der Waals surface area contributed by atoms with Crippen LogP contribution in [-0.4, -0.2) is 19.2 Å². The van der Waals surface area contributed by atoms with Crippen molar-refractivity contribution < 1.29 is 9.53 Å². The fraction of sp³-hybridized carbons (Fsp3) is 0.182. The minimum absolute atomic E-state index is 0.242. The zero-order chi connectivity index (χ0) is 10.9. The smallest absolute Gasteiger partial charge is 0.319 e. The van der Waals surface area contributed by atoms with Crippen molar-refractivity contribution in [2.24, 2.45) is 0 Å². The lowest BCUT2D eigenvalue weighted by Crippen LogP contribution is -2.31. The van der Waals surface area contributed by atoms with Crippen molar-refractivity contribution in [3.63, 3.8) is 0 Å². The summed E-state index contributed by atoms with van der Waals surface area (Å²) in [5.41, 5.74) is 0.764. The monoisotopic (exact) mass is 206 g/mol. The number of carbonyl (C=O) groups is 1. The van der Waals surface area contributed by atoms with E-state index in [1.807, 2.05) is 30.3 Å². The molecule has 0 saturated carbocycles. The van der Waals surface area contributed by atoms with Crippen molar-refractivity contribution in [2.45, 2.75) is 0 Å². The van der Waals surface area contributed by atoms with Crippen LogP contribution in [0.25, 0.3) is 0 Å². The molecule has 0 atom stereocenters. The summed E-state index contributed by atoms with van der Waals surface area (Å²) in [5, 5.41) is 5.33. The number of anilines is 1. The highest BCUT2D eigenvalue weighted by molar-refractivity contribution is 5.89. The third-order valence-corrected chi connectivity index (χ3v) is 1.65. The summed E-state index contributed by atoms with van der Waals surface area (Å²) in [6, 6.07) is 9.00. The Kier molecular flexibility index (Phi) is 4.80. The SMILES string of the molecule is C=COCCNC(=O)Nc1ccccc1. The zero-order valence-electron chi connectivity index (χ0n) is 8.40. The number of carbonyl (C=O) groups excluding carboxylic acids is 1. The van der Waals surface area contributed by atoms with E-state index in [9.17, 15) is 4.79 Å². The highest BCUT2D eigenvalue weighted by Crippen LogP contribution is 2.03. The normalized spacial score (nSPS) is 9.07. The van der Waals surface area contributed by atoms with Crippen molar-refractivity contribution in [3.05, 3.63) is 43.2 Å². The first-order chi connectivity index (χ1) is 7.33. The molecule has 0 aliphatic heterocycles. The Labute approximate surface area is 88.9 Å². The van der Waals surface area contributed by atoms with Gasteiger partial charge >= 0.3 is 6.03 Å². The average Bonchev–Trinajstić information content (AvgIpc) is 2.26. The third-order valence-electron chi connectivity index (χ3n) is 1.65. The molecule has 1 aromatic rings. The fourth-order valence-corrected chi connectivity index (χ4v) is 1.00. The molecule has 4 nitrogen and oxygen atoms in total. The van der Waals surface area contributed by atoms with Crippen LogP contribution < -0.4 is 10.6 Å². The summed E-state index contributed by atoms with van der Waals surface area (Å²) in [6.07, 6.45) is 1.34. The number of nitrogens with one attached hydrogen (secondary N) is 2. The molecule has 1 aromatic carbocycles. The molecule has 0 spiro atoms. The van der Waals surface area contributed by atoms with Gasteiger partial charge in [0.25, 0.3) is 0 Å². The predicted octanol–water partition coefficient (Wildman–Crippen LogP) is 1.97. The molecule has 2 N–H and O–H groups in total. The largest absolute Gasteiger partial charge is 0.500 e. The molecule has 2 amide bonds. The summed E-state index contributed by atoms with van der Waals surface area (Å²) < 4.78 is 4.86. The van der Waals surface area contributed by atoms with Crippen LogP contribution in [0.5, 0.6) is 0 Å². The number of hydrogen-bond donors (Lipinski definition) is 2. The first-order valence-corrected chi connectivity index (χ1v) is 4.65. The zero-order valence-corrected chi connectivity index (χ0v) is 8.40. The Hall–Kier alpha value is -1.97. The van der Waals surface area contributed by atoms with Crippen LogP contribution in [0.2, 0.25) is 0 Å². The van der Waals surface area contributed by atoms with E-state index in [-0.39, 0.29) is 6.03 Å². The molecule has 0 saturated heterocycles. The van der Waals surface area contributed by atoms with Gasteiger partial charge in [-0.3, -0.25) is 0 Å². The number of urea groups is 1. The second kappa shape index (κ2) is 6.48. The van der Waals surface area contributed by atoms with Gasteiger partial charge in [-0.2, -0.15) is 0 Å². The van der Waals surface area contributed by atoms with Crippen LogP contribution in [0, 0.1) is 0 Å². The van der Waals surface area contributed by atoms with E-state index in [0.717, 1.165) is 5.69 Å². The number of benzene rings is 1. The van der Waals surface area contributed by atoms with E-state index in [1.165, 1.54) is 6.26 Å².